The summed E-state index contributed by atoms with van der Waals surface area (Å²) in [6.45, 7) is 5.66. The van der Waals surface area contributed by atoms with E-state index in [9.17, 15) is 9.50 Å². The molecule has 0 aromatic heterocycles. The molecule has 0 aliphatic heterocycles. The molecule has 0 saturated carbocycles. The molecule has 0 spiro atoms. The van der Waals surface area contributed by atoms with Gasteiger partial charge in [-0.3, -0.25) is 0 Å². The summed E-state index contributed by atoms with van der Waals surface area (Å²) in [5, 5.41) is 10.2. The van der Waals surface area contributed by atoms with Crippen LogP contribution in [-0.2, 0) is 4.74 Å². The van der Waals surface area contributed by atoms with E-state index in [1.165, 1.54) is 6.07 Å². The highest BCUT2D eigenvalue weighted by Gasteiger charge is 2.24. The van der Waals surface area contributed by atoms with Gasteiger partial charge in [0.25, 0.3) is 0 Å². The number of halogens is 1. The number of methoxy groups -OCH3 is 1. The van der Waals surface area contributed by atoms with Crippen molar-refractivity contribution in [1.82, 2.24) is 0 Å². The number of hydrogen-bond acceptors (Lipinski definition) is 2. The lowest BCUT2D eigenvalue weighted by molar-refractivity contribution is -0.0198. The van der Waals surface area contributed by atoms with Crippen LogP contribution in [0.2, 0.25) is 0 Å². The molecular weight excluding hydrogens is 219 g/mol. The summed E-state index contributed by atoms with van der Waals surface area (Å²) in [6, 6.07) is 3.32. The highest BCUT2D eigenvalue weighted by Crippen LogP contribution is 2.28. The lowest BCUT2D eigenvalue weighted by Crippen LogP contribution is -2.22. The smallest absolute Gasteiger partial charge is 0.129 e. The molecule has 0 heterocycles. The third-order valence-corrected chi connectivity index (χ3v) is 3.00. The second-order valence-electron chi connectivity index (χ2n) is 4.48. The normalized spacial score (nSPS) is 14.7. The minimum atomic E-state index is -0.902. The van der Waals surface area contributed by atoms with Crippen molar-refractivity contribution < 1.29 is 14.2 Å². The predicted octanol–water partition coefficient (Wildman–Crippen LogP) is 3.29. The Kier molecular flexibility index (Phi) is 5.09. The first kappa shape index (κ1) is 14.1. The van der Waals surface area contributed by atoms with Crippen molar-refractivity contribution in [1.29, 1.82) is 0 Å². The van der Waals surface area contributed by atoms with Crippen molar-refractivity contribution in [2.45, 2.75) is 45.8 Å². The zero-order valence-electron chi connectivity index (χ0n) is 11.0. The monoisotopic (exact) mass is 240 g/mol. The molecule has 0 amide bonds. The average Bonchev–Trinajstić information content (AvgIpc) is 2.24. The molecule has 1 rings (SSSR count). The molecule has 1 aromatic carbocycles. The second-order valence-corrected chi connectivity index (χ2v) is 4.48. The Hall–Kier alpha value is -0.930. The highest BCUT2D eigenvalue weighted by molar-refractivity contribution is 5.34. The van der Waals surface area contributed by atoms with E-state index in [0.29, 0.717) is 12.0 Å². The molecule has 96 valence electrons. The fourth-order valence-electron chi connectivity index (χ4n) is 2.18. The second kappa shape index (κ2) is 6.12. The van der Waals surface area contributed by atoms with Gasteiger partial charge in [0.2, 0.25) is 0 Å². The molecule has 2 unspecified atom stereocenters. The number of aliphatic hydroxyl groups excluding tert-OH is 1. The third kappa shape index (κ3) is 3.27. The number of aliphatic hydroxyl groups is 1. The van der Waals surface area contributed by atoms with Crippen LogP contribution in [0.4, 0.5) is 4.39 Å². The number of rotatable bonds is 5. The van der Waals surface area contributed by atoms with Crippen molar-refractivity contribution in [2.75, 3.05) is 7.11 Å². The SMILES string of the molecule is CCCC(OC)C(O)c1c(C)cc(C)cc1F. The maximum atomic E-state index is 13.9. The van der Waals surface area contributed by atoms with E-state index in [2.05, 4.69) is 0 Å². The largest absolute Gasteiger partial charge is 0.386 e. The molecule has 0 bridgehead atoms. The van der Waals surface area contributed by atoms with Crippen LogP contribution >= 0.6 is 0 Å². The zero-order chi connectivity index (χ0) is 13.0. The first-order chi connectivity index (χ1) is 8.01. The molecule has 1 aromatic rings. The molecule has 2 atom stereocenters. The first-order valence-corrected chi connectivity index (χ1v) is 5.98. The summed E-state index contributed by atoms with van der Waals surface area (Å²) in [6.07, 6.45) is 0.350. The standard InChI is InChI=1S/C14H21FO2/c1-5-6-12(17-4)14(16)13-10(3)7-9(2)8-11(13)15/h7-8,12,14,16H,5-6H2,1-4H3. The summed E-state index contributed by atoms with van der Waals surface area (Å²) < 4.78 is 19.1. The Morgan fingerprint density at radius 3 is 2.47 bits per heavy atom. The van der Waals surface area contributed by atoms with Crippen molar-refractivity contribution in [3.8, 4) is 0 Å². The van der Waals surface area contributed by atoms with Gasteiger partial charge in [-0.15, -0.1) is 0 Å². The van der Waals surface area contributed by atoms with Crippen LogP contribution in [0.15, 0.2) is 12.1 Å². The van der Waals surface area contributed by atoms with Gasteiger partial charge in [-0.1, -0.05) is 19.4 Å². The molecular formula is C14H21FO2. The van der Waals surface area contributed by atoms with Gasteiger partial charge in [-0.25, -0.2) is 4.39 Å². The molecule has 0 aliphatic carbocycles. The molecule has 3 heteroatoms. The summed E-state index contributed by atoms with van der Waals surface area (Å²) in [7, 11) is 1.55. The minimum Gasteiger partial charge on any atom is -0.386 e. The summed E-state index contributed by atoms with van der Waals surface area (Å²) in [5.74, 6) is -0.354. The predicted molar refractivity (Wildman–Crippen MR) is 66.5 cm³/mol. The van der Waals surface area contributed by atoms with Crippen LogP contribution < -0.4 is 0 Å². The van der Waals surface area contributed by atoms with Crippen molar-refractivity contribution in [3.05, 3.63) is 34.6 Å². The van der Waals surface area contributed by atoms with E-state index < -0.39 is 6.10 Å². The molecule has 0 saturated heterocycles. The van der Waals surface area contributed by atoms with E-state index in [0.717, 1.165) is 17.5 Å². The van der Waals surface area contributed by atoms with Gasteiger partial charge >= 0.3 is 0 Å². The van der Waals surface area contributed by atoms with Crippen molar-refractivity contribution in [3.63, 3.8) is 0 Å². The number of hydrogen-bond donors (Lipinski definition) is 1. The van der Waals surface area contributed by atoms with Gasteiger partial charge in [0.15, 0.2) is 0 Å². The Labute approximate surface area is 102 Å². The van der Waals surface area contributed by atoms with Gasteiger partial charge < -0.3 is 9.84 Å². The molecule has 2 nitrogen and oxygen atoms in total. The first-order valence-electron chi connectivity index (χ1n) is 5.98. The molecule has 0 radical (unpaired) electrons. The topological polar surface area (TPSA) is 29.5 Å². The third-order valence-electron chi connectivity index (χ3n) is 3.00. The summed E-state index contributed by atoms with van der Waals surface area (Å²) >= 11 is 0. The van der Waals surface area contributed by atoms with Crippen molar-refractivity contribution >= 4 is 0 Å². The quantitative estimate of drug-likeness (QED) is 0.855. The lowest BCUT2D eigenvalue weighted by atomic mass is 9.95. The Morgan fingerprint density at radius 2 is 2.00 bits per heavy atom. The van der Waals surface area contributed by atoms with Crippen LogP contribution in [0.3, 0.4) is 0 Å². The van der Waals surface area contributed by atoms with Crippen LogP contribution in [0.1, 0.15) is 42.6 Å². The number of aryl methyl sites for hydroxylation is 2. The maximum Gasteiger partial charge on any atom is 0.129 e. The summed E-state index contributed by atoms with van der Waals surface area (Å²) in [4.78, 5) is 0. The van der Waals surface area contributed by atoms with Crippen molar-refractivity contribution in [2.24, 2.45) is 0 Å². The molecule has 1 N–H and O–H groups in total. The van der Waals surface area contributed by atoms with E-state index in [1.54, 1.807) is 7.11 Å². The fraction of sp³-hybridized carbons (Fsp3) is 0.571. The Bertz CT molecular complexity index is 353. The van der Waals surface area contributed by atoms with Gasteiger partial charge in [0.1, 0.15) is 11.9 Å². The average molecular weight is 240 g/mol. The van der Waals surface area contributed by atoms with E-state index in [-0.39, 0.29) is 11.9 Å². The van der Waals surface area contributed by atoms with E-state index >= 15 is 0 Å². The number of benzene rings is 1. The van der Waals surface area contributed by atoms with Gasteiger partial charge in [0.05, 0.1) is 6.10 Å². The van der Waals surface area contributed by atoms with E-state index in [1.807, 2.05) is 26.8 Å². The summed E-state index contributed by atoms with van der Waals surface area (Å²) in [5.41, 5.74) is 1.99. The maximum absolute atomic E-state index is 13.9. The van der Waals surface area contributed by atoms with E-state index in [4.69, 9.17) is 4.74 Å². The van der Waals surface area contributed by atoms with Crippen LogP contribution in [0, 0.1) is 19.7 Å². The van der Waals surface area contributed by atoms with Gasteiger partial charge in [-0.05, 0) is 37.5 Å². The Morgan fingerprint density at radius 1 is 1.35 bits per heavy atom. The number of ether oxygens (including phenoxy) is 1. The molecule has 0 fully saturated rings. The molecule has 17 heavy (non-hydrogen) atoms. The lowest BCUT2D eigenvalue weighted by Gasteiger charge is -2.23. The van der Waals surface area contributed by atoms with Gasteiger partial charge in [-0.2, -0.15) is 0 Å². The van der Waals surface area contributed by atoms with Gasteiger partial charge in [0, 0.05) is 12.7 Å². The highest BCUT2D eigenvalue weighted by atomic mass is 19.1. The van der Waals surface area contributed by atoms with Crippen LogP contribution in [0.25, 0.3) is 0 Å². The van der Waals surface area contributed by atoms with Crippen LogP contribution in [0.5, 0.6) is 0 Å². The Balaban J connectivity index is 3.06. The van der Waals surface area contributed by atoms with Crippen LogP contribution in [-0.4, -0.2) is 18.3 Å². The zero-order valence-corrected chi connectivity index (χ0v) is 11.0. The fourth-order valence-corrected chi connectivity index (χ4v) is 2.18. The minimum absolute atomic E-state index is 0.351. The molecule has 0 aliphatic rings.